The number of thioether (sulfide) groups is 1. The predicted octanol–water partition coefficient (Wildman–Crippen LogP) is 0.920. The summed E-state index contributed by atoms with van der Waals surface area (Å²) in [7, 11) is 1.57. The van der Waals surface area contributed by atoms with Gasteiger partial charge in [0.25, 0.3) is 5.03 Å². The van der Waals surface area contributed by atoms with Crippen LogP contribution in [0.3, 0.4) is 0 Å². The van der Waals surface area contributed by atoms with Crippen LogP contribution in [0.1, 0.15) is 36.3 Å². The van der Waals surface area contributed by atoms with Gasteiger partial charge in [-0.25, -0.2) is 0 Å². The maximum atomic E-state index is 12.8. The number of aromatic nitrogens is 2. The fourth-order valence-electron chi connectivity index (χ4n) is 2.96. The maximum absolute atomic E-state index is 12.8. The Morgan fingerprint density at radius 2 is 2.32 bits per heavy atom. The van der Waals surface area contributed by atoms with Crippen molar-refractivity contribution in [2.24, 2.45) is 7.05 Å². The van der Waals surface area contributed by atoms with Crippen molar-refractivity contribution in [3.63, 3.8) is 0 Å². The third-order valence-corrected chi connectivity index (χ3v) is 7.10. The summed E-state index contributed by atoms with van der Waals surface area (Å²) in [6.07, 6.45) is 1.07. The molecule has 3 heterocycles. The first-order chi connectivity index (χ1) is 13.3. The molecule has 3 rings (SSSR count). The van der Waals surface area contributed by atoms with Gasteiger partial charge in [-0.3, -0.25) is 9.59 Å². The van der Waals surface area contributed by atoms with E-state index in [2.05, 4.69) is 21.2 Å². The van der Waals surface area contributed by atoms with Crippen molar-refractivity contribution in [2.45, 2.75) is 43.5 Å². The molecular formula is C17H19N5O4S2. The van der Waals surface area contributed by atoms with Crippen molar-refractivity contribution < 1.29 is 23.9 Å². The van der Waals surface area contributed by atoms with E-state index in [0.29, 0.717) is 36.5 Å². The third kappa shape index (κ3) is 3.83. The highest BCUT2D eigenvalue weighted by Gasteiger charge is 2.29. The summed E-state index contributed by atoms with van der Waals surface area (Å²) in [5.74, 6) is -0.903. The lowest BCUT2D eigenvalue weighted by Crippen LogP contribution is -2.34. The molecular weight excluding hydrogens is 402 g/mol. The molecule has 1 aliphatic rings. The zero-order valence-corrected chi connectivity index (χ0v) is 17.3. The normalized spacial score (nSPS) is 14.3. The Kier molecular flexibility index (Phi) is 5.90. The van der Waals surface area contributed by atoms with Crippen LogP contribution in [0.5, 0.6) is 5.95 Å². The van der Waals surface area contributed by atoms with Gasteiger partial charge in [0, 0.05) is 18.3 Å². The average molecular weight is 422 g/mol. The van der Waals surface area contributed by atoms with Gasteiger partial charge in [0.15, 0.2) is 13.0 Å². The van der Waals surface area contributed by atoms with Crippen LogP contribution in [-0.4, -0.2) is 33.8 Å². The number of amides is 2. The molecule has 2 amide bonds. The van der Waals surface area contributed by atoms with Crippen LogP contribution >= 0.6 is 23.1 Å². The molecule has 9 nitrogen and oxygen atoms in total. The van der Waals surface area contributed by atoms with E-state index in [9.17, 15) is 20.0 Å². The Morgan fingerprint density at radius 1 is 1.57 bits per heavy atom. The fourth-order valence-corrected chi connectivity index (χ4v) is 5.10. The van der Waals surface area contributed by atoms with Gasteiger partial charge < -0.3 is 19.8 Å². The molecule has 0 bridgehead atoms. The lowest BCUT2D eigenvalue weighted by Gasteiger charge is -2.25. The number of nitriles is 1. The van der Waals surface area contributed by atoms with E-state index in [1.807, 2.05) is 6.92 Å². The molecule has 0 saturated heterocycles. The first kappa shape index (κ1) is 20.2. The van der Waals surface area contributed by atoms with E-state index in [4.69, 9.17) is 0 Å². The molecule has 0 fully saturated rings. The fraction of sp³-hybridized carbons (Fsp3) is 0.471. The summed E-state index contributed by atoms with van der Waals surface area (Å²) >= 11 is 2.40. The van der Waals surface area contributed by atoms with E-state index in [0.717, 1.165) is 22.2 Å². The maximum Gasteiger partial charge on any atom is 0.291 e. The predicted molar refractivity (Wildman–Crippen MR) is 99.5 cm³/mol. The molecule has 28 heavy (non-hydrogen) atoms. The monoisotopic (exact) mass is 421 g/mol. The average Bonchev–Trinajstić information content (AvgIpc) is 3.17. The zero-order valence-electron chi connectivity index (χ0n) is 15.6. The molecule has 0 aliphatic carbocycles. The molecule has 1 aliphatic heterocycles. The number of thiophene rings is 1. The number of aryl methyl sites for hydroxylation is 1. The Labute approximate surface area is 169 Å². The second-order valence-electron chi connectivity index (χ2n) is 6.30. The number of carbonyl (C=O) groups excluding carboxylic acids is 2. The molecule has 148 valence electrons. The van der Waals surface area contributed by atoms with Crippen molar-refractivity contribution >= 4 is 39.9 Å². The number of nitrogens with zero attached hydrogens (tertiary/aromatic N) is 4. The zero-order chi connectivity index (χ0) is 20.4. The summed E-state index contributed by atoms with van der Waals surface area (Å²) < 4.78 is 5.89. The lowest BCUT2D eigenvalue weighted by molar-refractivity contribution is -0.772. The summed E-state index contributed by atoms with van der Waals surface area (Å²) in [4.78, 5) is 27.1. The van der Waals surface area contributed by atoms with E-state index in [-0.39, 0.29) is 16.8 Å². The molecule has 2 aromatic heterocycles. The molecule has 1 unspecified atom stereocenters. The van der Waals surface area contributed by atoms with E-state index >= 15 is 0 Å². The van der Waals surface area contributed by atoms with Gasteiger partial charge >= 0.3 is 0 Å². The van der Waals surface area contributed by atoms with Crippen LogP contribution in [-0.2, 0) is 29.6 Å². The summed E-state index contributed by atoms with van der Waals surface area (Å²) in [5.41, 5.74) is 1.35. The molecule has 0 saturated carbocycles. The van der Waals surface area contributed by atoms with Crippen LogP contribution in [0, 0.1) is 11.3 Å². The molecule has 1 atom stereocenters. The van der Waals surface area contributed by atoms with Crippen LogP contribution in [0.15, 0.2) is 9.55 Å². The van der Waals surface area contributed by atoms with Crippen molar-refractivity contribution in [3.8, 4) is 12.0 Å². The van der Waals surface area contributed by atoms with Gasteiger partial charge in [-0.1, -0.05) is 11.6 Å². The Balaban J connectivity index is 1.80. The molecule has 0 radical (unpaired) electrons. The Hall–Kier alpha value is -2.58. The number of anilines is 1. The highest BCUT2D eigenvalue weighted by Crippen LogP contribution is 2.37. The molecule has 11 heteroatoms. The van der Waals surface area contributed by atoms with Crippen molar-refractivity contribution in [1.82, 2.24) is 10.2 Å². The molecule has 1 N–H and O–H groups in total. The number of hydrogen-bond donors (Lipinski definition) is 1. The first-order valence-corrected chi connectivity index (χ1v) is 10.4. The van der Waals surface area contributed by atoms with E-state index in [1.54, 1.807) is 11.9 Å². The van der Waals surface area contributed by atoms with Crippen LogP contribution in [0.4, 0.5) is 5.00 Å². The second kappa shape index (κ2) is 8.20. The number of carbonyl (C=O) groups is 2. The molecule has 2 aromatic rings. The van der Waals surface area contributed by atoms with Crippen LogP contribution in [0.25, 0.3) is 0 Å². The number of hydrogen-bond acceptors (Lipinski definition) is 8. The van der Waals surface area contributed by atoms with Gasteiger partial charge in [-0.05, 0) is 30.2 Å². The SMILES string of the molecule is CCC(Sc1c([O-])on[n+]1C)C(=O)Nc1sc2c(c1C#N)CCN(C(C)=O)C2. The quantitative estimate of drug-likeness (QED) is 0.562. The highest BCUT2D eigenvalue weighted by molar-refractivity contribution is 8.00. The van der Waals surface area contributed by atoms with Crippen LogP contribution in [0.2, 0.25) is 0 Å². The lowest BCUT2D eigenvalue weighted by atomic mass is 10.0. The van der Waals surface area contributed by atoms with Gasteiger partial charge in [-0.15, -0.1) is 11.3 Å². The van der Waals surface area contributed by atoms with E-state index in [1.165, 1.54) is 22.9 Å². The Bertz CT molecular complexity index is 942. The van der Waals surface area contributed by atoms with Gasteiger partial charge in [0.05, 0.1) is 22.6 Å². The number of nitrogens with one attached hydrogen (secondary N) is 1. The van der Waals surface area contributed by atoms with Crippen molar-refractivity contribution in [3.05, 3.63) is 16.0 Å². The smallest absolute Gasteiger partial charge is 0.291 e. The van der Waals surface area contributed by atoms with Crippen molar-refractivity contribution in [2.75, 3.05) is 11.9 Å². The minimum absolute atomic E-state index is 0.0133. The summed E-state index contributed by atoms with van der Waals surface area (Å²) in [6.45, 7) is 4.36. The Morgan fingerprint density at radius 3 is 2.89 bits per heavy atom. The highest BCUT2D eigenvalue weighted by atomic mass is 32.2. The van der Waals surface area contributed by atoms with Crippen molar-refractivity contribution in [1.29, 1.82) is 5.26 Å². The van der Waals surface area contributed by atoms with Gasteiger partial charge in [0.2, 0.25) is 11.8 Å². The van der Waals surface area contributed by atoms with Crippen LogP contribution < -0.4 is 15.1 Å². The molecule has 0 spiro atoms. The number of rotatable bonds is 5. The summed E-state index contributed by atoms with van der Waals surface area (Å²) in [5, 5.41) is 27.9. The minimum Gasteiger partial charge on any atom is -0.538 e. The second-order valence-corrected chi connectivity index (χ2v) is 8.60. The van der Waals surface area contributed by atoms with Gasteiger partial charge in [0.1, 0.15) is 11.1 Å². The third-order valence-electron chi connectivity index (χ3n) is 4.48. The van der Waals surface area contributed by atoms with Gasteiger partial charge in [-0.2, -0.15) is 5.26 Å². The summed E-state index contributed by atoms with van der Waals surface area (Å²) in [6, 6.07) is 2.18. The number of fused-ring (bicyclic) bond motifs is 1. The minimum atomic E-state index is -0.590. The topological polar surface area (TPSA) is 126 Å². The first-order valence-electron chi connectivity index (χ1n) is 8.66. The molecule has 0 aromatic carbocycles. The standard InChI is InChI=1S/C17H19N5O4S2/c1-4-12(28-16-17(25)26-20-21(16)3)14(24)19-15-11(7-18)10-5-6-22(9(2)23)8-13(10)27-15/h12H,4-6,8H2,1-3H3,(H-,19,20,24,25). The largest absolute Gasteiger partial charge is 0.538 e. The van der Waals surface area contributed by atoms with E-state index < -0.39 is 11.2 Å².